The van der Waals surface area contributed by atoms with Gasteiger partial charge < -0.3 is 14.4 Å². The van der Waals surface area contributed by atoms with E-state index in [0.717, 1.165) is 25.9 Å². The van der Waals surface area contributed by atoms with E-state index < -0.39 is 0 Å². The van der Waals surface area contributed by atoms with Gasteiger partial charge in [-0.25, -0.2) is 0 Å². The van der Waals surface area contributed by atoms with Crippen LogP contribution in [0.3, 0.4) is 0 Å². The number of fused-ring (bicyclic) bond motifs is 2. The van der Waals surface area contributed by atoms with Gasteiger partial charge in [-0.2, -0.15) is 4.57 Å². The molecule has 6 rings (SSSR count). The Hall–Kier alpha value is -3.16. The van der Waals surface area contributed by atoms with Crippen molar-refractivity contribution in [2.45, 2.75) is 30.2 Å². The molecular formula is C34H35N2O2S2+. The topological polar surface area (TPSA) is 25.6 Å². The van der Waals surface area contributed by atoms with Crippen LogP contribution in [0.25, 0.3) is 16.3 Å². The highest BCUT2D eigenvalue weighted by molar-refractivity contribution is 8.03. The number of rotatable bonds is 9. The van der Waals surface area contributed by atoms with Gasteiger partial charge in [-0.1, -0.05) is 83.8 Å². The Balaban J connectivity index is 1.40. The van der Waals surface area contributed by atoms with Crippen molar-refractivity contribution in [2.24, 2.45) is 0 Å². The van der Waals surface area contributed by atoms with Crippen molar-refractivity contribution in [1.82, 2.24) is 0 Å². The highest BCUT2D eigenvalue weighted by Gasteiger charge is 2.27. The molecule has 1 aliphatic heterocycles. The van der Waals surface area contributed by atoms with Crippen LogP contribution in [0, 0.1) is 0 Å². The first kappa shape index (κ1) is 27.0. The summed E-state index contributed by atoms with van der Waals surface area (Å²) in [6.07, 6.45) is 9.29. The number of thiazole rings is 1. The van der Waals surface area contributed by atoms with Crippen LogP contribution in [0.4, 0.5) is 5.69 Å². The lowest BCUT2D eigenvalue weighted by molar-refractivity contribution is -0.670. The van der Waals surface area contributed by atoms with Crippen LogP contribution < -0.4 is 9.47 Å². The fourth-order valence-electron chi connectivity index (χ4n) is 5.62. The number of hydrogen-bond donors (Lipinski definition) is 0. The molecular weight excluding hydrogens is 533 g/mol. The second-order valence-corrected chi connectivity index (χ2v) is 12.3. The van der Waals surface area contributed by atoms with Crippen molar-refractivity contribution < 1.29 is 14.0 Å². The van der Waals surface area contributed by atoms with Crippen LogP contribution in [0.2, 0.25) is 0 Å². The Bertz CT molecular complexity index is 1570. The average Bonchev–Trinajstić information content (AvgIpc) is 3.51. The summed E-state index contributed by atoms with van der Waals surface area (Å²) in [5.74, 6) is 0.437. The normalized spacial score (nSPS) is 19.0. The second kappa shape index (κ2) is 12.6. The molecule has 1 atom stereocenters. The van der Waals surface area contributed by atoms with E-state index in [4.69, 9.17) is 9.47 Å². The van der Waals surface area contributed by atoms with Crippen molar-refractivity contribution in [3.8, 4) is 0 Å². The maximum Gasteiger partial charge on any atom is 0.263 e. The molecule has 0 radical (unpaired) electrons. The number of ether oxygens (including phenoxy) is 2. The predicted molar refractivity (Wildman–Crippen MR) is 168 cm³/mol. The fourth-order valence-corrected chi connectivity index (χ4v) is 7.95. The van der Waals surface area contributed by atoms with Gasteiger partial charge in [-0.05, 0) is 59.7 Å². The Kier molecular flexibility index (Phi) is 8.49. The lowest BCUT2D eigenvalue weighted by Crippen LogP contribution is -2.37. The predicted octanol–water partition coefficient (Wildman–Crippen LogP) is 7.82. The van der Waals surface area contributed by atoms with Gasteiger partial charge in [0.15, 0.2) is 6.54 Å². The second-order valence-electron chi connectivity index (χ2n) is 10.2. The van der Waals surface area contributed by atoms with E-state index in [1.54, 1.807) is 14.2 Å². The van der Waals surface area contributed by atoms with E-state index in [-0.39, 0.29) is 0 Å². The number of aromatic nitrogens is 1. The first-order chi connectivity index (χ1) is 19.7. The summed E-state index contributed by atoms with van der Waals surface area (Å²) in [5, 5.41) is 2.55. The Morgan fingerprint density at radius 3 is 2.50 bits per heavy atom. The molecule has 204 valence electrons. The van der Waals surface area contributed by atoms with Crippen LogP contribution in [0.1, 0.15) is 29.3 Å². The molecule has 6 heteroatoms. The summed E-state index contributed by atoms with van der Waals surface area (Å²) in [4.78, 5) is 3.71. The quantitative estimate of drug-likeness (QED) is 0.193. The van der Waals surface area contributed by atoms with E-state index in [9.17, 15) is 0 Å². The van der Waals surface area contributed by atoms with Crippen molar-refractivity contribution in [3.63, 3.8) is 0 Å². The Labute approximate surface area is 245 Å². The van der Waals surface area contributed by atoms with Gasteiger partial charge in [0, 0.05) is 37.8 Å². The highest BCUT2D eigenvalue weighted by atomic mass is 32.2. The van der Waals surface area contributed by atoms with E-state index in [2.05, 4.69) is 107 Å². The minimum atomic E-state index is 0.437. The molecule has 0 saturated carbocycles. The standard InChI is InChI=1S/C34H35N2O2S2/c1-37-18-16-35-29-12-6-8-14-31(29)39-33(35)23-25-20-26(22-28(21-25)27-10-4-3-5-11-27)24-34-36(17-19-38-2)30-13-7-9-15-32(30)40-34/h3-15,20,23-24,28H,16-19,21-22H2,1-2H3/q+1. The first-order valence-electron chi connectivity index (χ1n) is 13.8. The molecule has 40 heavy (non-hydrogen) atoms. The molecule has 0 amide bonds. The molecule has 4 nitrogen and oxygen atoms in total. The molecule has 2 heterocycles. The summed E-state index contributed by atoms with van der Waals surface area (Å²) >= 11 is 3.72. The zero-order valence-electron chi connectivity index (χ0n) is 23.1. The van der Waals surface area contributed by atoms with E-state index in [1.807, 2.05) is 23.1 Å². The fraction of sp³-hybridized carbons (Fsp3) is 0.265. The van der Waals surface area contributed by atoms with E-state index >= 15 is 0 Å². The summed E-state index contributed by atoms with van der Waals surface area (Å²) in [6.45, 7) is 3.06. The Morgan fingerprint density at radius 1 is 0.875 bits per heavy atom. The van der Waals surface area contributed by atoms with E-state index in [0.29, 0.717) is 19.1 Å². The maximum atomic E-state index is 5.47. The van der Waals surface area contributed by atoms with Crippen molar-refractivity contribution in [2.75, 3.05) is 38.9 Å². The van der Waals surface area contributed by atoms with Gasteiger partial charge in [0.25, 0.3) is 5.01 Å². The van der Waals surface area contributed by atoms with Crippen LogP contribution in [-0.4, -0.2) is 34.0 Å². The average molecular weight is 568 g/mol. The van der Waals surface area contributed by atoms with Crippen LogP contribution in [0.15, 0.2) is 112 Å². The van der Waals surface area contributed by atoms with E-state index in [1.165, 1.54) is 47.5 Å². The van der Waals surface area contributed by atoms with Crippen molar-refractivity contribution >= 4 is 45.1 Å². The summed E-state index contributed by atoms with van der Waals surface area (Å²) in [5.41, 5.74) is 6.68. The van der Waals surface area contributed by atoms with Crippen molar-refractivity contribution in [3.05, 3.63) is 118 Å². The minimum absolute atomic E-state index is 0.437. The number of allylic oxidation sites excluding steroid dienone is 4. The molecule has 3 aromatic carbocycles. The SMILES string of the molecule is COCCN1C(=CC2=CC(=Cc3sc4ccccc4[n+]3CCOC)CC(c3ccccc3)C2)Sc2ccccc21. The molecule has 1 unspecified atom stereocenters. The third kappa shape index (κ3) is 5.81. The highest BCUT2D eigenvalue weighted by Crippen LogP contribution is 2.47. The third-order valence-electron chi connectivity index (χ3n) is 7.53. The number of anilines is 1. The molecule has 2 aliphatic rings. The van der Waals surface area contributed by atoms with Crippen molar-refractivity contribution in [1.29, 1.82) is 0 Å². The summed E-state index contributed by atoms with van der Waals surface area (Å²) in [7, 11) is 3.55. The largest absolute Gasteiger partial charge is 0.383 e. The summed E-state index contributed by atoms with van der Waals surface area (Å²) < 4.78 is 14.6. The van der Waals surface area contributed by atoms with Gasteiger partial charge in [-0.3, -0.25) is 0 Å². The van der Waals surface area contributed by atoms with Gasteiger partial charge >= 0.3 is 0 Å². The first-order valence-corrected chi connectivity index (χ1v) is 15.5. The number of benzene rings is 3. The molecule has 0 N–H and O–H groups in total. The Morgan fingerprint density at radius 2 is 1.65 bits per heavy atom. The van der Waals surface area contributed by atoms with Gasteiger partial charge in [0.1, 0.15) is 11.3 Å². The number of para-hydroxylation sites is 2. The molecule has 0 fully saturated rings. The third-order valence-corrected chi connectivity index (χ3v) is 9.76. The molecule has 4 aromatic rings. The number of nitrogens with zero attached hydrogens (tertiary/aromatic N) is 2. The van der Waals surface area contributed by atoms with Crippen LogP contribution >= 0.6 is 23.1 Å². The number of methoxy groups -OCH3 is 2. The smallest absolute Gasteiger partial charge is 0.263 e. The minimum Gasteiger partial charge on any atom is -0.383 e. The molecule has 1 aromatic heterocycles. The molecule has 0 spiro atoms. The lowest BCUT2D eigenvalue weighted by Gasteiger charge is -2.25. The van der Waals surface area contributed by atoms with Gasteiger partial charge in [0.2, 0.25) is 5.52 Å². The van der Waals surface area contributed by atoms with Crippen LogP contribution in [0.5, 0.6) is 0 Å². The lowest BCUT2D eigenvalue weighted by atomic mass is 9.81. The number of thioether (sulfide) groups is 1. The molecule has 1 aliphatic carbocycles. The summed E-state index contributed by atoms with van der Waals surface area (Å²) in [6, 6.07) is 28.3. The molecule has 0 bridgehead atoms. The van der Waals surface area contributed by atoms with Gasteiger partial charge in [-0.15, -0.1) is 0 Å². The zero-order chi connectivity index (χ0) is 27.3. The zero-order valence-corrected chi connectivity index (χ0v) is 24.7. The number of hydrogen-bond acceptors (Lipinski definition) is 5. The van der Waals surface area contributed by atoms with Gasteiger partial charge in [0.05, 0.1) is 17.3 Å². The molecule has 0 saturated heterocycles. The monoisotopic (exact) mass is 567 g/mol. The van der Waals surface area contributed by atoms with Crippen LogP contribution in [-0.2, 0) is 16.0 Å². The maximum absolute atomic E-state index is 5.47.